The number of carboxylic acid groups (broad SMARTS) is 2. The second-order valence-electron chi connectivity index (χ2n) is 8.93. The Hall–Kier alpha value is -3.93. The highest BCUT2D eigenvalue weighted by Crippen LogP contribution is 2.20. The van der Waals surface area contributed by atoms with Gasteiger partial charge in [0.1, 0.15) is 18.1 Å². The number of aromatic amines is 1. The third kappa shape index (κ3) is 6.39. The molecule has 1 aliphatic rings. The van der Waals surface area contributed by atoms with Gasteiger partial charge in [-0.2, -0.15) is 0 Å². The highest BCUT2D eigenvalue weighted by atomic mass is 16.4. The Morgan fingerprint density at radius 1 is 1.14 bits per heavy atom. The number of para-hydroxylation sites is 1. The van der Waals surface area contributed by atoms with E-state index in [-0.39, 0.29) is 12.8 Å². The number of amides is 3. The SMILES string of the molecule is CC(N)C(=O)N1CCCC1C(=O)NC(CCC(=O)O)C(=O)NC(Cc1c[nH]c2ccccc12)C(=O)O. The van der Waals surface area contributed by atoms with Gasteiger partial charge in [0, 0.05) is 36.5 Å². The minimum atomic E-state index is -1.32. The van der Waals surface area contributed by atoms with Crippen molar-refractivity contribution in [3.8, 4) is 0 Å². The summed E-state index contributed by atoms with van der Waals surface area (Å²) in [5, 5.41) is 24.6. The van der Waals surface area contributed by atoms with Crippen molar-refractivity contribution in [2.45, 2.75) is 63.2 Å². The number of hydrogen-bond donors (Lipinski definition) is 6. The molecule has 3 rings (SSSR count). The van der Waals surface area contributed by atoms with Crippen LogP contribution in [-0.2, 0) is 30.4 Å². The van der Waals surface area contributed by atoms with Gasteiger partial charge in [-0.1, -0.05) is 18.2 Å². The van der Waals surface area contributed by atoms with Gasteiger partial charge in [0.15, 0.2) is 0 Å². The van der Waals surface area contributed by atoms with Crippen LogP contribution in [0.2, 0.25) is 0 Å². The number of carboxylic acids is 2. The quantitative estimate of drug-likeness (QED) is 0.247. The van der Waals surface area contributed by atoms with Crippen LogP contribution < -0.4 is 16.4 Å². The third-order valence-electron chi connectivity index (χ3n) is 6.22. The summed E-state index contributed by atoms with van der Waals surface area (Å²) in [6.07, 6.45) is 1.92. The van der Waals surface area contributed by atoms with E-state index in [1.54, 1.807) is 6.20 Å². The molecule has 4 atom stereocenters. The molecule has 2 heterocycles. The lowest BCUT2D eigenvalue weighted by atomic mass is 10.0. The van der Waals surface area contributed by atoms with Crippen molar-refractivity contribution in [2.75, 3.05) is 6.54 Å². The fourth-order valence-electron chi connectivity index (χ4n) is 4.36. The Morgan fingerprint density at radius 3 is 2.53 bits per heavy atom. The van der Waals surface area contributed by atoms with E-state index >= 15 is 0 Å². The lowest BCUT2D eigenvalue weighted by Crippen LogP contribution is -2.56. The first-order chi connectivity index (χ1) is 17.1. The average Bonchev–Trinajstić information content (AvgIpc) is 3.48. The number of rotatable bonds is 11. The van der Waals surface area contributed by atoms with E-state index in [1.807, 2.05) is 24.3 Å². The van der Waals surface area contributed by atoms with Crippen molar-refractivity contribution >= 4 is 40.6 Å². The molecule has 1 aromatic heterocycles. The Kier molecular flexibility index (Phi) is 8.64. The molecule has 1 aromatic carbocycles. The number of carbonyl (C=O) groups excluding carboxylic acids is 3. The van der Waals surface area contributed by atoms with Gasteiger partial charge in [-0.05, 0) is 37.8 Å². The normalized spacial score (nSPS) is 17.8. The third-order valence-corrected chi connectivity index (χ3v) is 6.22. The summed E-state index contributed by atoms with van der Waals surface area (Å²) in [5.41, 5.74) is 7.17. The smallest absolute Gasteiger partial charge is 0.326 e. The standard InChI is InChI=1S/C24H31N5O7/c1-13(25)23(34)29-10-4-7-19(29)22(33)27-17(8-9-20(30)31)21(32)28-18(24(35)36)11-14-12-26-16-6-3-2-5-15(14)16/h2-3,5-6,12-13,17-19,26H,4,7-11,25H2,1H3,(H,27,33)(H,28,32)(H,30,31)(H,35,36). The molecule has 0 radical (unpaired) electrons. The molecule has 4 unspecified atom stereocenters. The van der Waals surface area contributed by atoms with Crippen molar-refractivity contribution in [1.82, 2.24) is 20.5 Å². The second kappa shape index (κ2) is 11.7. The molecule has 36 heavy (non-hydrogen) atoms. The van der Waals surface area contributed by atoms with Crippen molar-refractivity contribution in [3.63, 3.8) is 0 Å². The number of hydrogen-bond acceptors (Lipinski definition) is 6. The van der Waals surface area contributed by atoms with E-state index in [1.165, 1.54) is 11.8 Å². The lowest BCUT2D eigenvalue weighted by Gasteiger charge is -2.28. The Bertz CT molecular complexity index is 1140. The fraction of sp³-hybridized carbons (Fsp3) is 0.458. The van der Waals surface area contributed by atoms with Gasteiger partial charge in [-0.15, -0.1) is 0 Å². The minimum absolute atomic E-state index is 0.0238. The van der Waals surface area contributed by atoms with Crippen molar-refractivity contribution in [3.05, 3.63) is 36.0 Å². The first-order valence-electron chi connectivity index (χ1n) is 11.7. The van der Waals surface area contributed by atoms with Gasteiger partial charge >= 0.3 is 11.9 Å². The van der Waals surface area contributed by atoms with Gasteiger partial charge in [-0.25, -0.2) is 4.79 Å². The van der Waals surface area contributed by atoms with Crippen LogP contribution in [0.25, 0.3) is 10.9 Å². The summed E-state index contributed by atoms with van der Waals surface area (Å²) in [6, 6.07) is 3.06. The monoisotopic (exact) mass is 501 g/mol. The van der Waals surface area contributed by atoms with Crippen molar-refractivity contribution in [2.24, 2.45) is 5.73 Å². The lowest BCUT2D eigenvalue weighted by molar-refractivity contribution is -0.143. The summed E-state index contributed by atoms with van der Waals surface area (Å²) in [7, 11) is 0. The number of fused-ring (bicyclic) bond motifs is 1. The summed E-state index contributed by atoms with van der Waals surface area (Å²) < 4.78 is 0. The average molecular weight is 502 g/mol. The Labute approximate surface area is 207 Å². The van der Waals surface area contributed by atoms with Gasteiger partial charge in [0.05, 0.1) is 6.04 Å². The van der Waals surface area contributed by atoms with Crippen LogP contribution in [0.3, 0.4) is 0 Å². The number of nitrogens with two attached hydrogens (primary N) is 1. The maximum Gasteiger partial charge on any atom is 0.326 e. The number of likely N-dealkylation sites (tertiary alicyclic amines) is 1. The van der Waals surface area contributed by atoms with Crippen LogP contribution in [0.4, 0.5) is 0 Å². The molecule has 194 valence electrons. The van der Waals surface area contributed by atoms with Crippen LogP contribution >= 0.6 is 0 Å². The van der Waals surface area contributed by atoms with Crippen LogP contribution in [0.1, 0.15) is 38.2 Å². The second-order valence-corrected chi connectivity index (χ2v) is 8.93. The number of nitrogens with zero attached hydrogens (tertiary/aromatic N) is 1. The molecule has 0 spiro atoms. The number of benzene rings is 1. The maximum absolute atomic E-state index is 13.0. The fourth-order valence-corrected chi connectivity index (χ4v) is 4.36. The highest BCUT2D eigenvalue weighted by Gasteiger charge is 2.37. The number of carbonyl (C=O) groups is 5. The van der Waals surface area contributed by atoms with Crippen LogP contribution in [0.15, 0.2) is 30.5 Å². The van der Waals surface area contributed by atoms with Gasteiger partial charge in [-0.3, -0.25) is 19.2 Å². The minimum Gasteiger partial charge on any atom is -0.481 e. The van der Waals surface area contributed by atoms with Crippen molar-refractivity contribution in [1.29, 1.82) is 0 Å². The van der Waals surface area contributed by atoms with Crippen molar-refractivity contribution < 1.29 is 34.2 Å². The molecular weight excluding hydrogens is 470 g/mol. The van der Waals surface area contributed by atoms with E-state index in [2.05, 4.69) is 15.6 Å². The Balaban J connectivity index is 1.73. The molecule has 1 saturated heterocycles. The summed E-state index contributed by atoms with van der Waals surface area (Å²) in [4.78, 5) is 65.9. The molecule has 12 nitrogen and oxygen atoms in total. The summed E-state index contributed by atoms with van der Waals surface area (Å²) in [5.74, 6) is -4.29. The molecule has 0 aliphatic carbocycles. The topological polar surface area (TPSA) is 195 Å². The van der Waals surface area contributed by atoms with Gasteiger partial charge < -0.3 is 36.5 Å². The van der Waals surface area contributed by atoms with Crippen LogP contribution in [0.5, 0.6) is 0 Å². The predicted molar refractivity (Wildman–Crippen MR) is 129 cm³/mol. The first kappa shape index (κ1) is 26.7. The maximum atomic E-state index is 13.0. The van der Waals surface area contributed by atoms with Crippen LogP contribution in [0, 0.1) is 0 Å². The number of H-pyrrole nitrogens is 1. The molecule has 7 N–H and O–H groups in total. The molecule has 0 saturated carbocycles. The zero-order valence-electron chi connectivity index (χ0n) is 19.9. The highest BCUT2D eigenvalue weighted by molar-refractivity contribution is 5.94. The molecule has 12 heteroatoms. The molecule has 3 amide bonds. The largest absolute Gasteiger partial charge is 0.481 e. The predicted octanol–water partition coefficient (Wildman–Crippen LogP) is -0.0324. The zero-order valence-corrected chi connectivity index (χ0v) is 19.9. The van der Waals surface area contributed by atoms with Crippen LogP contribution in [-0.4, -0.2) is 80.5 Å². The van der Waals surface area contributed by atoms with Gasteiger partial charge in [0.2, 0.25) is 17.7 Å². The van der Waals surface area contributed by atoms with E-state index < -0.39 is 60.2 Å². The summed E-state index contributed by atoms with van der Waals surface area (Å²) in [6.45, 7) is 1.86. The van der Waals surface area contributed by atoms with Gasteiger partial charge in [0.25, 0.3) is 0 Å². The van der Waals surface area contributed by atoms with E-state index in [9.17, 15) is 29.1 Å². The molecule has 0 bridgehead atoms. The van der Waals surface area contributed by atoms with E-state index in [0.29, 0.717) is 24.9 Å². The van der Waals surface area contributed by atoms with E-state index in [4.69, 9.17) is 10.8 Å². The number of nitrogens with one attached hydrogen (secondary N) is 3. The molecule has 1 aliphatic heterocycles. The first-order valence-corrected chi connectivity index (χ1v) is 11.7. The van der Waals surface area contributed by atoms with E-state index in [0.717, 1.165) is 10.9 Å². The molecule has 2 aromatic rings. The Morgan fingerprint density at radius 2 is 1.86 bits per heavy atom. The zero-order chi connectivity index (χ0) is 26.4. The number of aliphatic carboxylic acids is 2. The molecule has 1 fully saturated rings. The number of aromatic nitrogens is 1. The molecular formula is C24H31N5O7. The summed E-state index contributed by atoms with van der Waals surface area (Å²) >= 11 is 0.